The predicted octanol–water partition coefficient (Wildman–Crippen LogP) is 2.72. The maximum atomic E-state index is 14.0. The second kappa shape index (κ2) is 17.5. The molecule has 5 heterocycles. The van der Waals surface area contributed by atoms with Crippen LogP contribution in [0.5, 0.6) is 5.75 Å². The third kappa shape index (κ3) is 9.09. The lowest BCUT2D eigenvalue weighted by molar-refractivity contribution is -0.664. The zero-order valence-electron chi connectivity index (χ0n) is 31.5. The number of carbonyl (C=O) groups is 4. The second-order valence-electron chi connectivity index (χ2n) is 13.6. The van der Waals surface area contributed by atoms with E-state index in [1.54, 1.807) is 65.4 Å². The number of ether oxygens (including phenoxy) is 3. The molecule has 6 rings (SSSR count). The number of nitrogens with one attached hydrogen (secondary N) is 2. The molecule has 296 valence electrons. The normalized spacial score (nSPS) is 16.9. The molecule has 0 spiro atoms. The van der Waals surface area contributed by atoms with Gasteiger partial charge in [-0.1, -0.05) is 17.3 Å². The van der Waals surface area contributed by atoms with Crippen LogP contribution in [-0.4, -0.2) is 96.4 Å². The van der Waals surface area contributed by atoms with Crippen LogP contribution < -0.4 is 25.7 Å². The van der Waals surface area contributed by atoms with Crippen molar-refractivity contribution in [3.8, 4) is 5.75 Å². The van der Waals surface area contributed by atoms with E-state index < -0.39 is 40.9 Å². The van der Waals surface area contributed by atoms with E-state index in [9.17, 15) is 19.2 Å². The first kappa shape index (κ1) is 40.1. The molecule has 4 N–H and O–H groups in total. The monoisotopic (exact) mass is 807 g/mol. The fourth-order valence-electron chi connectivity index (χ4n) is 5.87. The van der Waals surface area contributed by atoms with Crippen LogP contribution in [0.1, 0.15) is 45.5 Å². The number of oxime groups is 1. The van der Waals surface area contributed by atoms with E-state index in [0.717, 1.165) is 29.0 Å². The van der Waals surface area contributed by atoms with Crippen molar-refractivity contribution in [2.45, 2.75) is 70.8 Å². The quantitative estimate of drug-likeness (QED) is 0.0518. The number of carbonyl (C=O) groups excluding carboxylic acids is 4. The smallest absolute Gasteiger partial charge is 0.414 e. The van der Waals surface area contributed by atoms with Crippen LogP contribution in [0.4, 0.5) is 9.93 Å². The molecule has 1 aromatic carbocycles. The molecular formula is C36H43N10O8S2+. The van der Waals surface area contributed by atoms with Crippen LogP contribution in [0.25, 0.3) is 11.2 Å². The minimum absolute atomic E-state index is 0.0451. The van der Waals surface area contributed by atoms with Gasteiger partial charge in [-0.25, -0.2) is 14.2 Å². The first-order chi connectivity index (χ1) is 26.9. The summed E-state index contributed by atoms with van der Waals surface area (Å²) in [6.45, 7) is 8.42. The number of nitrogens with two attached hydrogens (primary N) is 1. The summed E-state index contributed by atoms with van der Waals surface area (Å²) in [4.78, 5) is 69.3. The van der Waals surface area contributed by atoms with Gasteiger partial charge in [-0.2, -0.15) is 9.36 Å². The van der Waals surface area contributed by atoms with E-state index in [0.29, 0.717) is 35.8 Å². The number of imidazole rings is 1. The number of aryl methyl sites for hydroxylation is 1. The van der Waals surface area contributed by atoms with E-state index in [-0.39, 0.29) is 42.1 Å². The number of anilines is 1. The SMILES string of the molecule is CCON=C(C(=O)NC1C(=O)N2C(C(=O)OCc3ccc(OC)cc3)=C(C[n+]3cccc4c3ncn4CCCN)CSC12)c1nsc(NC(=O)OC(C)(C)C)n1. The van der Waals surface area contributed by atoms with Gasteiger partial charge in [0.2, 0.25) is 23.0 Å². The van der Waals surface area contributed by atoms with Gasteiger partial charge in [-0.05, 0) is 75.5 Å². The highest BCUT2D eigenvalue weighted by molar-refractivity contribution is 8.00. The van der Waals surface area contributed by atoms with Crippen molar-refractivity contribution >= 4 is 69.2 Å². The molecule has 3 aromatic heterocycles. The molecule has 1 fully saturated rings. The Morgan fingerprint density at radius 1 is 1.16 bits per heavy atom. The molecule has 20 heteroatoms. The third-order valence-electron chi connectivity index (χ3n) is 8.42. The molecule has 2 atom stereocenters. The molecule has 1 saturated heterocycles. The Morgan fingerprint density at radius 3 is 2.66 bits per heavy atom. The van der Waals surface area contributed by atoms with Crippen molar-refractivity contribution in [3.05, 3.63) is 71.6 Å². The Morgan fingerprint density at radius 2 is 1.95 bits per heavy atom. The highest BCUT2D eigenvalue weighted by atomic mass is 32.2. The number of hydrogen-bond acceptors (Lipinski definition) is 15. The first-order valence-electron chi connectivity index (χ1n) is 17.8. The maximum Gasteiger partial charge on any atom is 0.414 e. The zero-order chi connectivity index (χ0) is 40.0. The van der Waals surface area contributed by atoms with Crippen molar-refractivity contribution in [2.24, 2.45) is 10.9 Å². The molecule has 0 radical (unpaired) electrons. The molecule has 2 aliphatic rings. The van der Waals surface area contributed by atoms with Gasteiger partial charge in [0, 0.05) is 29.4 Å². The summed E-state index contributed by atoms with van der Waals surface area (Å²) in [5.74, 6) is -1.12. The largest absolute Gasteiger partial charge is 0.497 e. The van der Waals surface area contributed by atoms with Crippen molar-refractivity contribution in [1.82, 2.24) is 29.1 Å². The van der Waals surface area contributed by atoms with E-state index in [4.69, 9.17) is 24.8 Å². The first-order valence-corrected chi connectivity index (χ1v) is 19.6. The Labute approximate surface area is 330 Å². The minimum Gasteiger partial charge on any atom is -0.497 e. The molecule has 0 saturated carbocycles. The number of β-lactam (4-membered cyclic amide) rings is 1. The van der Waals surface area contributed by atoms with Gasteiger partial charge in [0.15, 0.2) is 0 Å². The highest BCUT2D eigenvalue weighted by Crippen LogP contribution is 2.41. The molecule has 2 unspecified atom stereocenters. The van der Waals surface area contributed by atoms with Crippen LogP contribution in [0.3, 0.4) is 0 Å². The molecular weight excluding hydrogens is 765 g/mol. The summed E-state index contributed by atoms with van der Waals surface area (Å²) in [5, 5.41) is 8.55. The summed E-state index contributed by atoms with van der Waals surface area (Å²) in [7, 11) is 1.56. The van der Waals surface area contributed by atoms with Crippen LogP contribution in [0.15, 0.2) is 65.3 Å². The molecule has 4 aromatic rings. The summed E-state index contributed by atoms with van der Waals surface area (Å²) in [6, 6.07) is 9.94. The number of rotatable bonds is 15. The van der Waals surface area contributed by atoms with Crippen LogP contribution in [0.2, 0.25) is 0 Å². The van der Waals surface area contributed by atoms with Crippen LogP contribution >= 0.6 is 23.3 Å². The zero-order valence-corrected chi connectivity index (χ0v) is 33.1. The number of fused-ring (bicyclic) bond motifs is 2. The Balaban J connectivity index is 1.24. The predicted molar refractivity (Wildman–Crippen MR) is 206 cm³/mol. The lowest BCUT2D eigenvalue weighted by Gasteiger charge is -2.49. The fourth-order valence-corrected chi connectivity index (χ4v) is 7.76. The van der Waals surface area contributed by atoms with Gasteiger partial charge in [-0.15, -0.1) is 11.8 Å². The van der Waals surface area contributed by atoms with Gasteiger partial charge >= 0.3 is 17.7 Å². The summed E-state index contributed by atoms with van der Waals surface area (Å²) in [5.41, 5.74) is 7.78. The van der Waals surface area contributed by atoms with Crippen molar-refractivity contribution in [2.75, 3.05) is 31.3 Å². The average molecular weight is 808 g/mol. The minimum atomic E-state index is -1.03. The molecule has 0 bridgehead atoms. The summed E-state index contributed by atoms with van der Waals surface area (Å²) < 4.78 is 24.4. The number of esters is 1. The van der Waals surface area contributed by atoms with Crippen LogP contribution in [-0.2, 0) is 48.4 Å². The van der Waals surface area contributed by atoms with E-state index in [1.165, 1.54) is 16.7 Å². The third-order valence-corrected chi connectivity index (χ3v) is 10.4. The maximum absolute atomic E-state index is 14.0. The standard InChI is InChI=1S/C36H42N10O8S2/c1-6-53-42-25(28-40-34(56-43-28)41-35(50)54-36(2,3)4)30(47)39-26-31(48)46-27(33(49)52-18-21-10-12-23(51-5)13-11-21)22(19-55-32(26)46)17-44-15-7-9-24-29(44)38-20-45(24)16-8-14-37/h7,9-13,15,20,26,32H,6,8,14,16-19,37H2,1-5H3,(H-,39,40,41,43,47,50)/p+1. The number of aromatic nitrogens is 5. The topological polar surface area (TPSA) is 218 Å². The summed E-state index contributed by atoms with van der Waals surface area (Å²) in [6.07, 6.45) is 3.66. The van der Waals surface area contributed by atoms with E-state index in [2.05, 4.69) is 30.1 Å². The summed E-state index contributed by atoms with van der Waals surface area (Å²) >= 11 is 2.20. The molecule has 18 nitrogen and oxygen atoms in total. The molecule has 3 amide bonds. The van der Waals surface area contributed by atoms with E-state index >= 15 is 0 Å². The number of methoxy groups -OCH3 is 1. The van der Waals surface area contributed by atoms with Crippen LogP contribution in [0, 0.1) is 0 Å². The number of hydrogen-bond donors (Lipinski definition) is 3. The van der Waals surface area contributed by atoms with Gasteiger partial charge in [-0.3, -0.25) is 19.8 Å². The van der Waals surface area contributed by atoms with Crippen molar-refractivity contribution in [1.29, 1.82) is 0 Å². The van der Waals surface area contributed by atoms with Crippen molar-refractivity contribution < 1.29 is 42.8 Å². The second-order valence-corrected chi connectivity index (χ2v) is 15.4. The van der Waals surface area contributed by atoms with E-state index in [1.807, 2.05) is 27.5 Å². The fraction of sp³-hybridized carbons (Fsp3) is 0.417. The van der Waals surface area contributed by atoms with Gasteiger partial charge in [0.25, 0.3) is 11.8 Å². The molecule has 56 heavy (non-hydrogen) atoms. The van der Waals surface area contributed by atoms with Gasteiger partial charge < -0.3 is 34.7 Å². The number of nitrogens with zero attached hydrogens (tertiary/aromatic N) is 7. The van der Waals surface area contributed by atoms with Gasteiger partial charge in [0.05, 0.1) is 13.3 Å². The number of benzene rings is 1. The number of pyridine rings is 1. The molecule has 2 aliphatic heterocycles. The highest BCUT2D eigenvalue weighted by Gasteiger charge is 2.55. The Hall–Kier alpha value is -5.60. The number of thioether (sulfide) groups is 1. The average Bonchev–Trinajstić information content (AvgIpc) is 3.81. The van der Waals surface area contributed by atoms with Crippen molar-refractivity contribution in [3.63, 3.8) is 0 Å². The lowest BCUT2D eigenvalue weighted by atomic mass is 10.0. The van der Waals surface area contributed by atoms with Gasteiger partial charge in [0.1, 0.15) is 53.7 Å². The lowest BCUT2D eigenvalue weighted by Crippen LogP contribution is -2.71. The molecule has 0 aliphatic carbocycles. The Bertz CT molecular complexity index is 2160. The number of amides is 3. The Kier molecular flexibility index (Phi) is 12.5.